The van der Waals surface area contributed by atoms with E-state index >= 15 is 0 Å². The van der Waals surface area contributed by atoms with Crippen molar-refractivity contribution in [2.45, 2.75) is 43.7 Å². The molecule has 2 rings (SSSR count). The fraction of sp³-hybridized carbons (Fsp3) is 0.562. The smallest absolute Gasteiger partial charge is 0.253 e. The van der Waals surface area contributed by atoms with Crippen molar-refractivity contribution in [2.24, 2.45) is 0 Å². The van der Waals surface area contributed by atoms with Crippen LogP contribution >= 0.6 is 0 Å². The largest absolute Gasteiger partial charge is 0.339 e. The lowest BCUT2D eigenvalue weighted by molar-refractivity contribution is 0.0703. The van der Waals surface area contributed by atoms with Crippen molar-refractivity contribution >= 4 is 15.9 Å². The van der Waals surface area contributed by atoms with E-state index in [1.54, 1.807) is 30.9 Å². The third-order valence-electron chi connectivity index (χ3n) is 3.98. The number of nitrogens with one attached hydrogen (secondary N) is 2. The van der Waals surface area contributed by atoms with E-state index in [1.807, 2.05) is 7.05 Å². The van der Waals surface area contributed by atoms with Crippen LogP contribution < -0.4 is 10.0 Å². The summed E-state index contributed by atoms with van der Waals surface area (Å²) in [7, 11) is -1.72. The molecule has 2 N–H and O–H groups in total. The highest BCUT2D eigenvalue weighted by Crippen LogP contribution is 2.16. The van der Waals surface area contributed by atoms with Crippen molar-refractivity contribution in [3.05, 3.63) is 29.8 Å². The topological polar surface area (TPSA) is 78.5 Å². The lowest BCUT2D eigenvalue weighted by atomic mass is 10.0. The average molecular weight is 339 g/mol. The van der Waals surface area contributed by atoms with Gasteiger partial charge in [-0.1, -0.05) is 0 Å². The summed E-state index contributed by atoms with van der Waals surface area (Å²) in [5.74, 6) is -0.0716. The molecule has 0 aromatic heterocycles. The Labute approximate surface area is 138 Å². The van der Waals surface area contributed by atoms with Gasteiger partial charge in [-0.15, -0.1) is 0 Å². The van der Waals surface area contributed by atoms with Crippen LogP contribution in [0, 0.1) is 0 Å². The van der Waals surface area contributed by atoms with Gasteiger partial charge in [0.1, 0.15) is 0 Å². The van der Waals surface area contributed by atoms with Crippen molar-refractivity contribution in [2.75, 3.05) is 20.1 Å². The maximum absolute atomic E-state index is 12.5. The highest BCUT2D eigenvalue weighted by molar-refractivity contribution is 7.89. The molecule has 0 unspecified atom stereocenters. The summed E-state index contributed by atoms with van der Waals surface area (Å²) >= 11 is 0. The van der Waals surface area contributed by atoms with Gasteiger partial charge in [-0.05, 0) is 64.0 Å². The van der Waals surface area contributed by atoms with E-state index in [1.165, 1.54) is 12.1 Å². The van der Waals surface area contributed by atoms with Crippen molar-refractivity contribution in [1.82, 2.24) is 14.9 Å². The predicted molar refractivity (Wildman–Crippen MR) is 89.9 cm³/mol. The average Bonchev–Trinajstić information content (AvgIpc) is 2.53. The fourth-order valence-electron chi connectivity index (χ4n) is 2.72. The minimum absolute atomic E-state index is 0.0716. The van der Waals surface area contributed by atoms with E-state index < -0.39 is 10.0 Å². The summed E-state index contributed by atoms with van der Waals surface area (Å²) in [6.45, 7) is 5.37. The Morgan fingerprint density at radius 2 is 1.78 bits per heavy atom. The second kappa shape index (κ2) is 7.42. The van der Waals surface area contributed by atoms with E-state index in [-0.39, 0.29) is 22.9 Å². The number of hydrogen-bond donors (Lipinski definition) is 2. The number of amides is 1. The first-order chi connectivity index (χ1) is 10.8. The molecule has 1 saturated heterocycles. The first-order valence-electron chi connectivity index (χ1n) is 7.91. The zero-order valence-electron chi connectivity index (χ0n) is 13.9. The van der Waals surface area contributed by atoms with Gasteiger partial charge >= 0.3 is 0 Å². The van der Waals surface area contributed by atoms with Crippen LogP contribution in [0.4, 0.5) is 0 Å². The van der Waals surface area contributed by atoms with Crippen LogP contribution in [0.2, 0.25) is 0 Å². The van der Waals surface area contributed by atoms with Crippen LogP contribution in [-0.2, 0) is 10.0 Å². The maximum atomic E-state index is 12.5. The molecule has 0 radical (unpaired) electrons. The van der Waals surface area contributed by atoms with Gasteiger partial charge in [0.15, 0.2) is 0 Å². The standard InChI is InChI=1S/C16H25N3O3S/c1-12(2)18-23(21,22)15-6-4-13(5-7-15)16(20)19(3)14-8-10-17-11-9-14/h4-7,12,14,17-18H,8-11H2,1-3H3. The fourth-order valence-corrected chi connectivity index (χ4v) is 3.97. The van der Waals surface area contributed by atoms with Gasteiger partial charge in [0.05, 0.1) is 4.90 Å². The van der Waals surface area contributed by atoms with E-state index in [4.69, 9.17) is 0 Å². The number of rotatable bonds is 5. The van der Waals surface area contributed by atoms with E-state index in [2.05, 4.69) is 10.0 Å². The van der Waals surface area contributed by atoms with Crippen molar-refractivity contribution < 1.29 is 13.2 Å². The summed E-state index contributed by atoms with van der Waals surface area (Å²) in [5, 5.41) is 3.28. The molecule has 1 aromatic carbocycles. The van der Waals surface area contributed by atoms with Gasteiger partial charge in [-0.2, -0.15) is 0 Å². The number of piperidine rings is 1. The maximum Gasteiger partial charge on any atom is 0.253 e. The quantitative estimate of drug-likeness (QED) is 0.845. The molecule has 6 nitrogen and oxygen atoms in total. The molecule has 7 heteroatoms. The summed E-state index contributed by atoms with van der Waals surface area (Å²) in [6.07, 6.45) is 1.88. The Kier molecular flexibility index (Phi) is 5.78. The highest BCUT2D eigenvalue weighted by Gasteiger charge is 2.23. The Bertz CT molecular complexity index is 635. The van der Waals surface area contributed by atoms with Gasteiger partial charge in [0.2, 0.25) is 10.0 Å². The molecule has 1 aliphatic rings. The zero-order chi connectivity index (χ0) is 17.0. The van der Waals surface area contributed by atoms with Crippen molar-refractivity contribution in [1.29, 1.82) is 0 Å². The minimum atomic E-state index is -3.53. The number of sulfonamides is 1. The van der Waals surface area contributed by atoms with Crippen molar-refractivity contribution in [3.8, 4) is 0 Å². The zero-order valence-corrected chi connectivity index (χ0v) is 14.7. The number of hydrogen-bond acceptors (Lipinski definition) is 4. The van der Waals surface area contributed by atoms with Crippen LogP contribution in [0.3, 0.4) is 0 Å². The van der Waals surface area contributed by atoms with Gasteiger partial charge in [0.25, 0.3) is 5.91 Å². The molecule has 0 atom stereocenters. The molecule has 1 aromatic rings. The highest BCUT2D eigenvalue weighted by atomic mass is 32.2. The monoisotopic (exact) mass is 339 g/mol. The predicted octanol–water partition coefficient (Wildman–Crippen LogP) is 1.20. The van der Waals surface area contributed by atoms with Gasteiger partial charge in [0, 0.05) is 24.7 Å². The van der Waals surface area contributed by atoms with E-state index in [9.17, 15) is 13.2 Å². The summed E-state index contributed by atoms with van der Waals surface area (Å²) in [4.78, 5) is 14.5. The molecule has 1 heterocycles. The second-order valence-electron chi connectivity index (χ2n) is 6.20. The molecule has 23 heavy (non-hydrogen) atoms. The lowest BCUT2D eigenvalue weighted by Gasteiger charge is -2.31. The normalized spacial score (nSPS) is 16.5. The van der Waals surface area contributed by atoms with E-state index in [0.717, 1.165) is 25.9 Å². The molecule has 0 spiro atoms. The third-order valence-corrected chi connectivity index (χ3v) is 5.65. The number of carbonyl (C=O) groups is 1. The number of carbonyl (C=O) groups excluding carboxylic acids is 1. The summed E-state index contributed by atoms with van der Waals surface area (Å²) in [6, 6.07) is 6.17. The van der Waals surface area contributed by atoms with Crippen LogP contribution in [0.25, 0.3) is 0 Å². The summed E-state index contributed by atoms with van der Waals surface area (Å²) in [5.41, 5.74) is 0.509. The molecular formula is C16H25N3O3S. The van der Waals surface area contributed by atoms with E-state index in [0.29, 0.717) is 5.56 Å². The minimum Gasteiger partial charge on any atom is -0.339 e. The molecule has 0 bridgehead atoms. The summed E-state index contributed by atoms with van der Waals surface area (Å²) < 4.78 is 26.7. The van der Waals surface area contributed by atoms with Crippen LogP contribution in [0.1, 0.15) is 37.0 Å². The van der Waals surface area contributed by atoms with Crippen molar-refractivity contribution in [3.63, 3.8) is 0 Å². The first-order valence-corrected chi connectivity index (χ1v) is 9.40. The molecule has 0 saturated carbocycles. The number of nitrogens with zero attached hydrogens (tertiary/aromatic N) is 1. The van der Waals surface area contributed by atoms with Crippen LogP contribution in [0.15, 0.2) is 29.2 Å². The third kappa shape index (κ3) is 4.53. The van der Waals surface area contributed by atoms with Gasteiger partial charge in [-0.3, -0.25) is 4.79 Å². The first kappa shape index (κ1) is 17.9. The van der Waals surface area contributed by atoms with Gasteiger partial charge in [-0.25, -0.2) is 13.1 Å². The molecular weight excluding hydrogens is 314 g/mol. The lowest BCUT2D eigenvalue weighted by Crippen LogP contribution is -2.43. The Hall–Kier alpha value is -1.44. The van der Waals surface area contributed by atoms with Gasteiger partial charge < -0.3 is 10.2 Å². The Balaban J connectivity index is 2.11. The Morgan fingerprint density at radius 1 is 1.22 bits per heavy atom. The molecule has 1 fully saturated rings. The molecule has 1 aliphatic heterocycles. The molecule has 128 valence electrons. The second-order valence-corrected chi connectivity index (χ2v) is 7.91. The molecule has 0 aliphatic carbocycles. The SMILES string of the molecule is CC(C)NS(=O)(=O)c1ccc(C(=O)N(C)C2CCNCC2)cc1. The Morgan fingerprint density at radius 3 is 2.30 bits per heavy atom. The number of benzene rings is 1. The molecule has 1 amide bonds. The van der Waals surface area contributed by atoms with Crippen LogP contribution in [0.5, 0.6) is 0 Å². The van der Waals surface area contributed by atoms with Crippen LogP contribution in [-0.4, -0.2) is 51.4 Å².